The Bertz CT molecular complexity index is 2080. The van der Waals surface area contributed by atoms with Crippen molar-refractivity contribution < 1.29 is 48.7 Å². The number of morpholine rings is 2. The monoisotopic (exact) mass is 908 g/mol. The summed E-state index contributed by atoms with van der Waals surface area (Å²) in [4.78, 5) is 57.5. The van der Waals surface area contributed by atoms with Crippen LogP contribution in [0.4, 0.5) is 11.4 Å². The topological polar surface area (TPSA) is 163 Å². The highest BCUT2D eigenvalue weighted by atomic mass is 32.1. The van der Waals surface area contributed by atoms with Crippen LogP contribution in [0.3, 0.4) is 0 Å². The quantitative estimate of drug-likeness (QED) is 0.155. The average Bonchev–Trinajstić information content (AvgIpc) is 3.87. The van der Waals surface area contributed by atoms with E-state index in [0.29, 0.717) is 40.3 Å². The van der Waals surface area contributed by atoms with Gasteiger partial charge in [0.1, 0.15) is 21.0 Å². The summed E-state index contributed by atoms with van der Waals surface area (Å²) in [5.74, 6) is 11.2. The fourth-order valence-corrected chi connectivity index (χ4v) is 10.6. The highest BCUT2D eigenvalue weighted by Gasteiger charge is 2.50. The third-order valence-corrected chi connectivity index (χ3v) is 14.4. The van der Waals surface area contributed by atoms with Crippen molar-refractivity contribution in [1.29, 1.82) is 0 Å². The maximum absolute atomic E-state index is 13.8. The molecular formula is C49H68N2O10S2. The second-order valence-corrected chi connectivity index (χ2v) is 21.9. The molecule has 0 aromatic carbocycles. The molecular weight excluding hydrogens is 841 g/mol. The van der Waals surface area contributed by atoms with Crippen LogP contribution in [0.5, 0.6) is 0 Å². The van der Waals surface area contributed by atoms with Crippen LogP contribution in [0.15, 0.2) is 12.1 Å². The van der Waals surface area contributed by atoms with E-state index in [2.05, 4.69) is 23.7 Å². The highest BCUT2D eigenvalue weighted by Crippen LogP contribution is 2.43. The lowest BCUT2D eigenvalue weighted by atomic mass is 9.81. The molecule has 2 aromatic rings. The maximum atomic E-state index is 13.8. The molecule has 3 N–H and O–H groups in total. The molecule has 4 atom stereocenters. The lowest BCUT2D eigenvalue weighted by Gasteiger charge is -2.47. The van der Waals surface area contributed by atoms with Crippen molar-refractivity contribution in [2.45, 2.75) is 156 Å². The highest BCUT2D eigenvalue weighted by molar-refractivity contribution is 7.15. The summed E-state index contributed by atoms with van der Waals surface area (Å²) < 4.78 is 17.1. The Morgan fingerprint density at radius 3 is 1.44 bits per heavy atom. The molecule has 2 saturated heterocycles. The Balaban J connectivity index is 0.000000238. The largest absolute Gasteiger partial charge is 0.477 e. The standard InChI is InChI=1S/C25H35NO5S.C24H33NO5S/c1-24(2,3)12-11-18-15-19(21(32-18)22(28)30-5)26-20(17-9-7-6-8-10-17)16-31-25(4,13-14-27)23(26)29;1-23(2,3)11-10-17-14-18(20(31-17)21(27)28)25-19(16-8-6-5-7-9-16)15-30-24(4,12-13-26)22(25)29/h15,17,20,27H,6-10,13-14,16H2,1-5H3;14,16,19,26H,5-9,12-13,15H2,1-4H3,(H,27,28)/t20-,25+;19-,24+/m00/s1. The lowest BCUT2D eigenvalue weighted by Crippen LogP contribution is -2.62. The van der Waals surface area contributed by atoms with Crippen molar-refractivity contribution in [2.75, 3.05) is 43.3 Å². The van der Waals surface area contributed by atoms with Gasteiger partial charge in [0.25, 0.3) is 11.8 Å². The zero-order valence-electron chi connectivity index (χ0n) is 38.7. The Labute approximate surface area is 382 Å². The van der Waals surface area contributed by atoms with E-state index in [-0.39, 0.29) is 71.6 Å². The number of thiophene rings is 2. The zero-order valence-corrected chi connectivity index (χ0v) is 40.3. The number of carboxylic acid groups (broad SMARTS) is 1. The molecule has 4 heterocycles. The summed E-state index contributed by atoms with van der Waals surface area (Å²) in [7, 11) is 1.35. The number of aliphatic hydroxyl groups excluding tert-OH is 2. The van der Waals surface area contributed by atoms with E-state index < -0.39 is 23.1 Å². The molecule has 2 aliphatic heterocycles. The average molecular weight is 909 g/mol. The minimum Gasteiger partial charge on any atom is -0.477 e. The SMILES string of the molecule is CC(C)(C)C#Cc1cc(N2C(=O)[C@@](C)(CCO)OC[C@H]2C2CCCCC2)c(C(=O)O)s1.COC(=O)c1sc(C#CC(C)(C)C)cc1N1C(=O)[C@@](C)(CCO)OC[C@H]1C1CCCCC1. The van der Waals surface area contributed by atoms with Crippen LogP contribution in [0.25, 0.3) is 0 Å². The molecule has 2 saturated carbocycles. The molecule has 346 valence electrons. The predicted octanol–water partition coefficient (Wildman–Crippen LogP) is 8.68. The van der Waals surface area contributed by atoms with Gasteiger partial charge in [0.2, 0.25) is 0 Å². The number of carbonyl (C=O) groups is 4. The van der Waals surface area contributed by atoms with Gasteiger partial charge in [-0.1, -0.05) is 62.2 Å². The van der Waals surface area contributed by atoms with E-state index in [0.717, 1.165) is 67.6 Å². The van der Waals surface area contributed by atoms with Gasteiger partial charge in [-0.2, -0.15) is 0 Å². The fourth-order valence-electron chi connectivity index (χ4n) is 8.85. The third-order valence-electron chi connectivity index (χ3n) is 12.3. The molecule has 12 nitrogen and oxygen atoms in total. The van der Waals surface area contributed by atoms with Crippen LogP contribution in [0.1, 0.15) is 162 Å². The first kappa shape index (κ1) is 50.2. The number of hydrogen-bond donors (Lipinski definition) is 3. The Morgan fingerprint density at radius 1 is 0.714 bits per heavy atom. The van der Waals surface area contributed by atoms with Gasteiger partial charge in [0, 0.05) is 36.9 Å². The number of anilines is 2. The number of methoxy groups -OCH3 is 1. The summed E-state index contributed by atoms with van der Waals surface area (Å²) >= 11 is 2.37. The third kappa shape index (κ3) is 12.3. The smallest absolute Gasteiger partial charge is 0.350 e. The van der Waals surface area contributed by atoms with Crippen LogP contribution in [-0.2, 0) is 23.8 Å². The van der Waals surface area contributed by atoms with E-state index in [9.17, 15) is 34.5 Å². The van der Waals surface area contributed by atoms with Gasteiger partial charge in [-0.3, -0.25) is 9.59 Å². The van der Waals surface area contributed by atoms with Crippen LogP contribution in [-0.4, -0.2) is 95.9 Å². The molecule has 0 spiro atoms. The number of aliphatic hydroxyl groups is 2. The van der Waals surface area contributed by atoms with Crippen LogP contribution < -0.4 is 9.80 Å². The maximum Gasteiger partial charge on any atom is 0.350 e. The second-order valence-electron chi connectivity index (χ2n) is 19.8. The minimum absolute atomic E-state index is 0.126. The summed E-state index contributed by atoms with van der Waals surface area (Å²) in [5.41, 5.74) is -1.75. The first-order valence-corrected chi connectivity index (χ1v) is 24.1. The summed E-state index contributed by atoms with van der Waals surface area (Å²) in [6, 6.07) is 3.21. The number of esters is 1. The van der Waals surface area contributed by atoms with Crippen molar-refractivity contribution in [1.82, 2.24) is 0 Å². The van der Waals surface area contributed by atoms with Crippen molar-refractivity contribution in [2.24, 2.45) is 22.7 Å². The number of hydrogen-bond acceptors (Lipinski definition) is 11. The Kier molecular flexibility index (Phi) is 16.8. The van der Waals surface area contributed by atoms with Gasteiger partial charge in [0.05, 0.1) is 53.5 Å². The molecule has 2 aromatic heterocycles. The van der Waals surface area contributed by atoms with Crippen molar-refractivity contribution >= 4 is 57.8 Å². The van der Waals surface area contributed by atoms with Crippen molar-refractivity contribution in [3.05, 3.63) is 31.6 Å². The molecule has 14 heteroatoms. The first-order valence-electron chi connectivity index (χ1n) is 22.5. The summed E-state index contributed by atoms with van der Waals surface area (Å²) in [6.07, 6.45) is 11.3. The van der Waals surface area contributed by atoms with Gasteiger partial charge in [-0.25, -0.2) is 9.59 Å². The van der Waals surface area contributed by atoms with Crippen molar-refractivity contribution in [3.8, 4) is 23.7 Å². The van der Waals surface area contributed by atoms with Gasteiger partial charge >= 0.3 is 11.9 Å². The fraction of sp³-hybridized carbons (Fsp3) is 0.673. The number of carboxylic acids is 1. The number of rotatable bonds is 10. The van der Waals surface area contributed by atoms with Crippen LogP contribution >= 0.6 is 22.7 Å². The second kappa shape index (κ2) is 21.0. The molecule has 2 aliphatic carbocycles. The molecule has 0 unspecified atom stereocenters. The molecule has 6 rings (SSSR count). The number of ether oxygens (including phenoxy) is 3. The van der Waals surface area contributed by atoms with E-state index >= 15 is 0 Å². The number of aromatic carboxylic acids is 1. The zero-order chi connectivity index (χ0) is 46.3. The molecule has 63 heavy (non-hydrogen) atoms. The number of carbonyl (C=O) groups excluding carboxylic acids is 3. The molecule has 0 bridgehead atoms. The van der Waals surface area contributed by atoms with Gasteiger partial charge in [0.15, 0.2) is 0 Å². The van der Waals surface area contributed by atoms with E-state index in [1.54, 1.807) is 29.7 Å². The minimum atomic E-state index is -1.17. The van der Waals surface area contributed by atoms with Gasteiger partial charge in [-0.15, -0.1) is 22.7 Å². The molecule has 4 aliphatic rings. The normalized spacial score (nSPS) is 25.0. The van der Waals surface area contributed by atoms with Gasteiger partial charge in [-0.05, 0) is 105 Å². The van der Waals surface area contributed by atoms with E-state index in [1.807, 2.05) is 47.6 Å². The lowest BCUT2D eigenvalue weighted by molar-refractivity contribution is -0.155. The number of nitrogens with zero attached hydrogens (tertiary/aromatic N) is 2. The summed E-state index contributed by atoms with van der Waals surface area (Å²) in [6.45, 7) is 15.9. The summed E-state index contributed by atoms with van der Waals surface area (Å²) in [5, 5.41) is 29.0. The Hall–Kier alpha value is -3.76. The van der Waals surface area contributed by atoms with E-state index in [4.69, 9.17) is 14.2 Å². The molecule has 0 radical (unpaired) electrons. The first-order chi connectivity index (χ1) is 29.6. The van der Waals surface area contributed by atoms with E-state index in [1.165, 1.54) is 31.3 Å². The van der Waals surface area contributed by atoms with Crippen LogP contribution in [0, 0.1) is 46.3 Å². The molecule has 4 fully saturated rings. The Morgan fingerprint density at radius 2 is 1.10 bits per heavy atom. The van der Waals surface area contributed by atoms with Gasteiger partial charge < -0.3 is 39.3 Å². The van der Waals surface area contributed by atoms with Crippen LogP contribution in [0.2, 0.25) is 0 Å². The van der Waals surface area contributed by atoms with Crippen molar-refractivity contribution in [3.63, 3.8) is 0 Å². The number of amides is 2. The molecule has 2 amide bonds. The predicted molar refractivity (Wildman–Crippen MR) is 247 cm³/mol.